The molecule has 1 N–H and O–H groups in total. The topological polar surface area (TPSA) is 67.2 Å². The fourth-order valence-electron chi connectivity index (χ4n) is 6.57. The van der Waals surface area contributed by atoms with Crippen molar-refractivity contribution in [3.63, 3.8) is 0 Å². The molecule has 3 aliphatic heterocycles. The fourth-order valence-corrected chi connectivity index (χ4v) is 6.57. The lowest BCUT2D eigenvalue weighted by molar-refractivity contribution is 0.0408. The highest BCUT2D eigenvalue weighted by Gasteiger charge is 2.44. The number of likely N-dealkylation sites (tertiary alicyclic amines) is 1. The number of fused-ring (bicyclic) bond motifs is 1. The van der Waals surface area contributed by atoms with Gasteiger partial charge in [0.05, 0.1) is 23.1 Å². The van der Waals surface area contributed by atoms with E-state index in [1.54, 1.807) is 18.3 Å². The Hall–Kier alpha value is -2.94. The SMILES string of the molecule is CC(C)(O)CN1CCC2(CCN(c3ccc(-n4ccc5cc(OCC6CCCO6)ccc5c4=O)cc3F)C2)C1. The quantitative estimate of drug-likeness (QED) is 0.485. The molecule has 3 aromatic rings. The van der Waals surface area contributed by atoms with E-state index in [1.165, 1.54) is 10.6 Å². The first kappa shape index (κ1) is 26.3. The minimum absolute atomic E-state index is 0.129. The molecule has 0 aliphatic carbocycles. The highest BCUT2D eigenvalue weighted by atomic mass is 19.1. The maximum absolute atomic E-state index is 15.4. The first-order valence-corrected chi connectivity index (χ1v) is 14.1. The molecule has 6 rings (SSSR count). The summed E-state index contributed by atoms with van der Waals surface area (Å²) in [5.74, 6) is 0.389. The smallest absolute Gasteiger partial charge is 0.262 e. The summed E-state index contributed by atoms with van der Waals surface area (Å²) < 4.78 is 28.5. The largest absolute Gasteiger partial charge is 0.491 e. The number of hydrogen-bond donors (Lipinski definition) is 1. The number of aliphatic hydroxyl groups is 1. The van der Waals surface area contributed by atoms with Gasteiger partial charge in [-0.2, -0.15) is 0 Å². The minimum atomic E-state index is -0.715. The highest BCUT2D eigenvalue weighted by molar-refractivity contribution is 5.83. The number of rotatable bonds is 7. The molecule has 8 heteroatoms. The van der Waals surface area contributed by atoms with E-state index in [2.05, 4.69) is 9.80 Å². The number of pyridine rings is 1. The van der Waals surface area contributed by atoms with E-state index in [9.17, 15) is 9.90 Å². The Kier molecular flexibility index (Phi) is 6.90. The molecule has 7 nitrogen and oxygen atoms in total. The Balaban J connectivity index is 1.16. The van der Waals surface area contributed by atoms with Crippen LogP contribution < -0.4 is 15.2 Å². The summed E-state index contributed by atoms with van der Waals surface area (Å²) >= 11 is 0. The normalized spacial score (nSPS) is 23.9. The van der Waals surface area contributed by atoms with E-state index < -0.39 is 5.60 Å². The molecule has 3 aliphatic rings. The second-order valence-corrected chi connectivity index (χ2v) is 12.3. The van der Waals surface area contributed by atoms with Gasteiger partial charge in [-0.1, -0.05) is 0 Å². The van der Waals surface area contributed by atoms with Crippen molar-refractivity contribution in [2.45, 2.75) is 51.2 Å². The van der Waals surface area contributed by atoms with Crippen LogP contribution in [0.25, 0.3) is 16.5 Å². The molecule has 1 aromatic heterocycles. The average Bonchev–Trinajstić information content (AvgIpc) is 3.64. The zero-order chi connectivity index (χ0) is 27.2. The monoisotopic (exact) mass is 535 g/mol. The van der Waals surface area contributed by atoms with E-state index in [-0.39, 0.29) is 22.9 Å². The molecule has 3 saturated heterocycles. The molecule has 0 amide bonds. The number of benzene rings is 2. The minimum Gasteiger partial charge on any atom is -0.491 e. The van der Waals surface area contributed by atoms with Gasteiger partial charge in [-0.15, -0.1) is 0 Å². The van der Waals surface area contributed by atoms with Gasteiger partial charge >= 0.3 is 0 Å². The lowest BCUT2D eigenvalue weighted by atomic mass is 9.86. The molecule has 2 atom stereocenters. The van der Waals surface area contributed by atoms with Gasteiger partial charge in [0.15, 0.2) is 0 Å². The average molecular weight is 536 g/mol. The van der Waals surface area contributed by atoms with Gasteiger partial charge in [-0.3, -0.25) is 14.3 Å². The number of nitrogens with zero attached hydrogens (tertiary/aromatic N) is 3. The van der Waals surface area contributed by atoms with E-state index in [0.29, 0.717) is 35.7 Å². The van der Waals surface area contributed by atoms with E-state index >= 15 is 4.39 Å². The predicted octanol–water partition coefficient (Wildman–Crippen LogP) is 4.36. The zero-order valence-corrected chi connectivity index (χ0v) is 22.9. The van der Waals surface area contributed by atoms with Crippen molar-refractivity contribution >= 4 is 16.5 Å². The van der Waals surface area contributed by atoms with Crippen molar-refractivity contribution in [1.82, 2.24) is 9.47 Å². The Morgan fingerprint density at radius 2 is 1.97 bits per heavy atom. The lowest BCUT2D eigenvalue weighted by Gasteiger charge is -2.28. The summed E-state index contributed by atoms with van der Waals surface area (Å²) in [4.78, 5) is 17.8. The summed E-state index contributed by atoms with van der Waals surface area (Å²) in [7, 11) is 0. The van der Waals surface area contributed by atoms with Crippen molar-refractivity contribution in [2.75, 3.05) is 50.8 Å². The predicted molar refractivity (Wildman–Crippen MR) is 151 cm³/mol. The van der Waals surface area contributed by atoms with Crippen molar-refractivity contribution in [2.24, 2.45) is 5.41 Å². The third-order valence-electron chi connectivity index (χ3n) is 8.45. The van der Waals surface area contributed by atoms with Crippen LogP contribution in [0.3, 0.4) is 0 Å². The van der Waals surface area contributed by atoms with Crippen molar-refractivity contribution in [1.29, 1.82) is 0 Å². The number of hydrogen-bond acceptors (Lipinski definition) is 6. The summed E-state index contributed by atoms with van der Waals surface area (Å²) in [6.45, 7) is 9.14. The van der Waals surface area contributed by atoms with Gasteiger partial charge in [0.1, 0.15) is 18.2 Å². The number of halogens is 1. The van der Waals surface area contributed by atoms with Crippen LogP contribution in [0.1, 0.15) is 39.5 Å². The highest BCUT2D eigenvalue weighted by Crippen LogP contribution is 2.42. The maximum atomic E-state index is 15.4. The fraction of sp³-hybridized carbons (Fsp3) is 0.516. The molecule has 0 bridgehead atoms. The molecule has 3 fully saturated rings. The molecule has 208 valence electrons. The van der Waals surface area contributed by atoms with Gasteiger partial charge < -0.3 is 19.5 Å². The van der Waals surface area contributed by atoms with Crippen LogP contribution >= 0.6 is 0 Å². The zero-order valence-electron chi connectivity index (χ0n) is 22.9. The standard InChI is InChI=1S/C31H38FN3O4/c1-30(2,37)19-33-13-10-31(20-33)11-14-34(21-31)28-8-5-23(17-27(28)32)35-12-9-22-16-24(6-7-26(22)29(35)36)39-18-25-4-3-15-38-25/h5-9,12,16-17,25,37H,3-4,10-11,13-15,18-21H2,1-2H3. The van der Waals surface area contributed by atoms with Crippen molar-refractivity contribution < 1.29 is 19.0 Å². The number of anilines is 1. The summed E-state index contributed by atoms with van der Waals surface area (Å²) in [6, 6.07) is 12.4. The molecule has 0 saturated carbocycles. The van der Waals surface area contributed by atoms with Gasteiger partial charge in [0.25, 0.3) is 5.56 Å². The molecule has 0 radical (unpaired) electrons. The molecule has 2 unspecified atom stereocenters. The third-order valence-corrected chi connectivity index (χ3v) is 8.45. The van der Waals surface area contributed by atoms with Gasteiger partial charge in [0, 0.05) is 55.9 Å². The number of aromatic nitrogens is 1. The molecule has 2 aromatic carbocycles. The molecule has 39 heavy (non-hydrogen) atoms. The lowest BCUT2D eigenvalue weighted by Crippen LogP contribution is -2.39. The van der Waals surface area contributed by atoms with Crippen LogP contribution in [0.2, 0.25) is 0 Å². The molecular weight excluding hydrogens is 497 g/mol. The Labute approximate surface area is 228 Å². The van der Waals surface area contributed by atoms with Crippen molar-refractivity contribution in [3.8, 4) is 11.4 Å². The van der Waals surface area contributed by atoms with Crippen molar-refractivity contribution in [3.05, 3.63) is 64.8 Å². The molecule has 1 spiro atoms. The van der Waals surface area contributed by atoms with Gasteiger partial charge in [-0.05, 0) is 87.9 Å². The van der Waals surface area contributed by atoms with Gasteiger partial charge in [0.2, 0.25) is 0 Å². The third kappa shape index (κ3) is 5.55. The van der Waals surface area contributed by atoms with E-state index in [4.69, 9.17) is 9.47 Å². The maximum Gasteiger partial charge on any atom is 0.262 e. The Morgan fingerprint density at radius 3 is 2.74 bits per heavy atom. The van der Waals surface area contributed by atoms with Crippen LogP contribution in [-0.4, -0.2) is 72.2 Å². The number of ether oxygens (including phenoxy) is 2. The summed E-state index contributed by atoms with van der Waals surface area (Å²) in [5, 5.41) is 11.6. The van der Waals surface area contributed by atoms with Crippen LogP contribution in [0.15, 0.2) is 53.5 Å². The Morgan fingerprint density at radius 1 is 1.13 bits per heavy atom. The van der Waals surface area contributed by atoms with Crippen LogP contribution in [0.5, 0.6) is 5.75 Å². The second-order valence-electron chi connectivity index (χ2n) is 12.3. The molecular formula is C31H38FN3O4. The summed E-state index contributed by atoms with van der Waals surface area (Å²) in [6.07, 6.45) is 5.98. The van der Waals surface area contributed by atoms with Crippen LogP contribution in [-0.2, 0) is 4.74 Å². The first-order valence-electron chi connectivity index (χ1n) is 14.1. The van der Waals surface area contributed by atoms with Crippen LogP contribution in [0.4, 0.5) is 10.1 Å². The van der Waals surface area contributed by atoms with E-state index in [0.717, 1.165) is 63.9 Å². The molecule has 4 heterocycles. The number of β-amino-alcohol motifs (C(OH)–C–C–N with tert-alkyl or cyclic N) is 1. The Bertz CT molecular complexity index is 1410. The second kappa shape index (κ2) is 10.2. The van der Waals surface area contributed by atoms with E-state index in [1.807, 2.05) is 38.1 Å². The first-order chi connectivity index (χ1) is 18.7. The van der Waals surface area contributed by atoms with Gasteiger partial charge in [-0.25, -0.2) is 4.39 Å². The summed E-state index contributed by atoms with van der Waals surface area (Å²) in [5.41, 5.74) is 0.320. The van der Waals surface area contributed by atoms with Crippen LogP contribution in [0, 0.1) is 11.2 Å².